The van der Waals surface area contributed by atoms with Crippen molar-refractivity contribution in [1.82, 2.24) is 10.7 Å². The van der Waals surface area contributed by atoms with Crippen molar-refractivity contribution in [3.8, 4) is 6.07 Å². The lowest BCUT2D eigenvalue weighted by Crippen LogP contribution is -2.58. The minimum Gasteiger partial charge on any atom is -0.301 e. The molecule has 2 N–H and O–H groups in total. The van der Waals surface area contributed by atoms with Crippen molar-refractivity contribution in [3.63, 3.8) is 0 Å². The zero-order valence-corrected chi connectivity index (χ0v) is 13.5. The molecule has 1 aliphatic heterocycles. The molecule has 0 aromatic heterocycles. The molecule has 1 aliphatic rings. The summed E-state index contributed by atoms with van der Waals surface area (Å²) in [4.78, 5) is 36.9. The van der Waals surface area contributed by atoms with E-state index in [0.717, 1.165) is 11.8 Å². The molecule has 2 rings (SSSR count). The third-order valence-corrected chi connectivity index (χ3v) is 3.43. The Morgan fingerprint density at radius 3 is 2.75 bits per heavy atom. The Bertz CT molecular complexity index is 766. The fourth-order valence-electron chi connectivity index (χ4n) is 1.96. The van der Waals surface area contributed by atoms with Gasteiger partial charge in [0, 0.05) is 6.21 Å². The number of nitrogens with one attached hydrogen (secondary N) is 2. The van der Waals surface area contributed by atoms with E-state index in [1.807, 2.05) is 19.1 Å². The van der Waals surface area contributed by atoms with Crippen molar-refractivity contribution < 1.29 is 14.4 Å². The highest BCUT2D eigenvalue weighted by atomic mass is 32.1. The minimum atomic E-state index is -1.24. The lowest BCUT2D eigenvalue weighted by molar-refractivity contribution is -0.130. The Kier molecular flexibility index (Phi) is 5.34. The number of hydrogen-bond donors (Lipinski definition) is 2. The molecule has 0 radical (unpaired) electrons. The summed E-state index contributed by atoms with van der Waals surface area (Å²) in [6, 6.07) is 8.70. The average Bonchev–Trinajstić information content (AvgIpc) is 2.52. The van der Waals surface area contributed by atoms with Crippen LogP contribution in [0.5, 0.6) is 0 Å². The van der Waals surface area contributed by atoms with Crippen LogP contribution in [-0.2, 0) is 14.4 Å². The third kappa shape index (κ3) is 3.80. The first-order valence-electron chi connectivity index (χ1n) is 6.88. The zero-order valence-electron chi connectivity index (χ0n) is 12.6. The summed E-state index contributed by atoms with van der Waals surface area (Å²) in [6.07, 6.45) is 0.637. The normalized spacial score (nSPS) is 17.6. The van der Waals surface area contributed by atoms with Crippen LogP contribution >= 0.6 is 12.2 Å². The van der Waals surface area contributed by atoms with Crippen molar-refractivity contribution in [2.75, 3.05) is 4.90 Å². The zero-order chi connectivity index (χ0) is 17.7. The van der Waals surface area contributed by atoms with Gasteiger partial charge in [0.25, 0.3) is 11.8 Å². The SMILES string of the molecule is Cc1ccc(N2C(=O)[C@H](/C=N/NC(=O)CC#N)C(=O)NC2=S)cc1. The first-order valence-corrected chi connectivity index (χ1v) is 7.29. The summed E-state index contributed by atoms with van der Waals surface area (Å²) in [7, 11) is 0. The molecule has 3 amide bonds. The van der Waals surface area contributed by atoms with E-state index in [2.05, 4.69) is 15.8 Å². The maximum Gasteiger partial charge on any atom is 0.254 e. The second kappa shape index (κ2) is 7.43. The fourth-order valence-corrected chi connectivity index (χ4v) is 2.25. The van der Waals surface area contributed by atoms with Crippen molar-refractivity contribution in [2.24, 2.45) is 11.0 Å². The molecule has 1 fully saturated rings. The summed E-state index contributed by atoms with van der Waals surface area (Å²) in [5.41, 5.74) is 3.60. The number of nitriles is 1. The highest BCUT2D eigenvalue weighted by Gasteiger charge is 2.38. The molecule has 0 bridgehead atoms. The molecule has 0 spiro atoms. The Labute approximate surface area is 143 Å². The van der Waals surface area contributed by atoms with Crippen LogP contribution in [-0.4, -0.2) is 29.0 Å². The number of nitrogens with zero attached hydrogens (tertiary/aromatic N) is 3. The second-order valence-electron chi connectivity index (χ2n) is 4.93. The first-order chi connectivity index (χ1) is 11.4. The van der Waals surface area contributed by atoms with Crippen molar-refractivity contribution in [1.29, 1.82) is 5.26 Å². The number of rotatable bonds is 4. The highest BCUT2D eigenvalue weighted by molar-refractivity contribution is 7.80. The van der Waals surface area contributed by atoms with E-state index >= 15 is 0 Å². The summed E-state index contributed by atoms with van der Waals surface area (Å²) in [5.74, 6) is -3.08. The molecule has 0 saturated carbocycles. The molecule has 122 valence electrons. The summed E-state index contributed by atoms with van der Waals surface area (Å²) >= 11 is 5.06. The van der Waals surface area contributed by atoms with Gasteiger partial charge in [0.1, 0.15) is 6.42 Å². The number of aryl methyl sites for hydroxylation is 1. The Balaban J connectivity index is 2.19. The van der Waals surface area contributed by atoms with Gasteiger partial charge in [-0.3, -0.25) is 19.3 Å². The van der Waals surface area contributed by atoms with E-state index in [1.54, 1.807) is 18.2 Å². The average molecular weight is 343 g/mol. The molecule has 1 aromatic carbocycles. The van der Waals surface area contributed by atoms with E-state index in [-0.39, 0.29) is 11.5 Å². The predicted octanol–water partition coefficient (Wildman–Crippen LogP) is 0.375. The van der Waals surface area contributed by atoms with Crippen LogP contribution < -0.4 is 15.6 Å². The maximum atomic E-state index is 12.6. The minimum absolute atomic E-state index is 0.0213. The molecular formula is C15H13N5O3S. The molecule has 8 nitrogen and oxygen atoms in total. The monoisotopic (exact) mass is 343 g/mol. The molecule has 24 heavy (non-hydrogen) atoms. The van der Waals surface area contributed by atoms with Gasteiger partial charge in [-0.1, -0.05) is 17.7 Å². The Morgan fingerprint density at radius 1 is 1.46 bits per heavy atom. The number of anilines is 1. The molecule has 1 atom stereocenters. The van der Waals surface area contributed by atoms with Crippen LogP contribution in [0.15, 0.2) is 29.4 Å². The van der Waals surface area contributed by atoms with Crippen LogP contribution in [0.3, 0.4) is 0 Å². The van der Waals surface area contributed by atoms with Crippen LogP contribution in [0, 0.1) is 24.2 Å². The summed E-state index contributed by atoms with van der Waals surface area (Å²) < 4.78 is 0. The van der Waals surface area contributed by atoms with Crippen LogP contribution in [0.1, 0.15) is 12.0 Å². The van der Waals surface area contributed by atoms with E-state index in [4.69, 9.17) is 17.5 Å². The fraction of sp³-hybridized carbons (Fsp3) is 0.200. The molecule has 0 aliphatic carbocycles. The van der Waals surface area contributed by atoms with Crippen molar-refractivity contribution in [3.05, 3.63) is 29.8 Å². The van der Waals surface area contributed by atoms with Gasteiger partial charge in [-0.05, 0) is 31.3 Å². The predicted molar refractivity (Wildman–Crippen MR) is 89.8 cm³/mol. The molecule has 0 unspecified atom stereocenters. The largest absolute Gasteiger partial charge is 0.301 e. The number of hydrogen-bond acceptors (Lipinski definition) is 6. The first kappa shape index (κ1) is 17.2. The van der Waals surface area contributed by atoms with Gasteiger partial charge >= 0.3 is 0 Å². The quantitative estimate of drug-likeness (QED) is 0.355. The van der Waals surface area contributed by atoms with E-state index in [1.165, 1.54) is 4.90 Å². The second-order valence-corrected chi connectivity index (χ2v) is 5.32. The molecule has 1 saturated heterocycles. The summed E-state index contributed by atoms with van der Waals surface area (Å²) in [6.45, 7) is 1.90. The Morgan fingerprint density at radius 2 is 2.12 bits per heavy atom. The van der Waals surface area contributed by atoms with Gasteiger partial charge in [0.2, 0.25) is 5.91 Å². The number of amides is 3. The van der Waals surface area contributed by atoms with E-state index in [0.29, 0.717) is 5.69 Å². The van der Waals surface area contributed by atoms with E-state index < -0.39 is 23.6 Å². The van der Waals surface area contributed by atoms with Crippen LogP contribution in [0.4, 0.5) is 5.69 Å². The summed E-state index contributed by atoms with van der Waals surface area (Å²) in [5, 5.41) is 14.3. The topological polar surface area (TPSA) is 115 Å². The third-order valence-electron chi connectivity index (χ3n) is 3.15. The van der Waals surface area contributed by atoms with Gasteiger partial charge in [-0.25, -0.2) is 5.43 Å². The Hall–Kier alpha value is -3.12. The van der Waals surface area contributed by atoms with Crippen molar-refractivity contribution in [2.45, 2.75) is 13.3 Å². The van der Waals surface area contributed by atoms with Crippen LogP contribution in [0.2, 0.25) is 0 Å². The van der Waals surface area contributed by atoms with Crippen LogP contribution in [0.25, 0.3) is 0 Å². The van der Waals surface area contributed by atoms with Gasteiger partial charge in [0.05, 0.1) is 11.8 Å². The highest BCUT2D eigenvalue weighted by Crippen LogP contribution is 2.20. The van der Waals surface area contributed by atoms with Crippen molar-refractivity contribution >= 4 is 47.0 Å². The molecule has 9 heteroatoms. The number of carbonyl (C=O) groups excluding carboxylic acids is 3. The lowest BCUT2D eigenvalue weighted by Gasteiger charge is -2.30. The number of thiocarbonyl (C=S) groups is 1. The lowest BCUT2D eigenvalue weighted by atomic mass is 10.1. The van der Waals surface area contributed by atoms with Gasteiger partial charge in [-0.2, -0.15) is 10.4 Å². The van der Waals surface area contributed by atoms with Gasteiger partial charge in [0.15, 0.2) is 11.0 Å². The standard InChI is InChI=1S/C15H13N5O3S/c1-9-2-4-10(5-3-9)20-14(23)11(13(22)18-15(20)24)8-17-19-12(21)6-7-16/h2-5,8,11H,6H2,1H3,(H,19,21)(H,18,22,24)/b17-8+/t11-/m1/s1. The number of carbonyl (C=O) groups is 3. The molecule has 1 heterocycles. The molecular weight excluding hydrogens is 330 g/mol. The number of hydrazone groups is 1. The number of benzene rings is 1. The van der Waals surface area contributed by atoms with Gasteiger partial charge < -0.3 is 5.32 Å². The van der Waals surface area contributed by atoms with E-state index in [9.17, 15) is 14.4 Å². The maximum absolute atomic E-state index is 12.6. The molecule has 1 aromatic rings. The van der Waals surface area contributed by atoms with Gasteiger partial charge in [-0.15, -0.1) is 0 Å². The smallest absolute Gasteiger partial charge is 0.254 e.